The van der Waals surface area contributed by atoms with E-state index in [9.17, 15) is 5.11 Å². The molecule has 0 aliphatic heterocycles. The third-order valence-corrected chi connectivity index (χ3v) is 3.84. The highest BCUT2D eigenvalue weighted by Crippen LogP contribution is 2.23. The van der Waals surface area contributed by atoms with Gasteiger partial charge in [-0.1, -0.05) is 32.9 Å². The van der Waals surface area contributed by atoms with Gasteiger partial charge in [0.05, 0.1) is 23.4 Å². The number of nitrogens with zero attached hydrogens (tertiary/aromatic N) is 3. The largest absolute Gasteiger partial charge is 0.391 e. The summed E-state index contributed by atoms with van der Waals surface area (Å²) in [5, 5.41) is 26.8. The normalized spacial score (nSPS) is 12.9. The van der Waals surface area contributed by atoms with Crippen LogP contribution in [0, 0.1) is 16.7 Å². The standard InChI is InChI=1S/C18H24N4O/c1-18(2,3)16(23)11-20-10-15-12-22(4)21-17(15)14-7-5-13(9-19)6-8-14/h5-8,12,16,20,23H,10-11H2,1-4H3/t16-/m1/s1. The predicted molar refractivity (Wildman–Crippen MR) is 90.5 cm³/mol. The summed E-state index contributed by atoms with van der Waals surface area (Å²) in [5.41, 5.74) is 3.45. The van der Waals surface area contributed by atoms with Crippen molar-refractivity contribution in [2.45, 2.75) is 33.4 Å². The van der Waals surface area contributed by atoms with E-state index in [2.05, 4.69) is 16.5 Å². The summed E-state index contributed by atoms with van der Waals surface area (Å²) in [6.45, 7) is 7.23. The lowest BCUT2D eigenvalue weighted by atomic mass is 9.89. The molecule has 1 heterocycles. The van der Waals surface area contributed by atoms with E-state index in [4.69, 9.17) is 5.26 Å². The lowest BCUT2D eigenvalue weighted by molar-refractivity contribution is 0.0628. The van der Waals surface area contributed by atoms with E-state index in [-0.39, 0.29) is 5.41 Å². The van der Waals surface area contributed by atoms with Crippen molar-refractivity contribution in [3.63, 3.8) is 0 Å². The smallest absolute Gasteiger partial charge is 0.0991 e. The Labute approximate surface area is 137 Å². The summed E-state index contributed by atoms with van der Waals surface area (Å²) in [6.07, 6.45) is 1.57. The zero-order chi connectivity index (χ0) is 17.0. The summed E-state index contributed by atoms with van der Waals surface area (Å²) in [6, 6.07) is 9.54. The van der Waals surface area contributed by atoms with Gasteiger partial charge in [-0.05, 0) is 17.5 Å². The topological polar surface area (TPSA) is 73.9 Å². The summed E-state index contributed by atoms with van der Waals surface area (Å²) < 4.78 is 1.78. The van der Waals surface area contributed by atoms with E-state index in [1.807, 2.05) is 46.1 Å². The van der Waals surface area contributed by atoms with Gasteiger partial charge in [0.1, 0.15) is 0 Å². The van der Waals surface area contributed by atoms with Crippen molar-refractivity contribution >= 4 is 0 Å². The van der Waals surface area contributed by atoms with Crippen LogP contribution >= 0.6 is 0 Å². The monoisotopic (exact) mass is 312 g/mol. The van der Waals surface area contributed by atoms with Gasteiger partial charge in [-0.15, -0.1) is 0 Å². The fourth-order valence-electron chi connectivity index (χ4n) is 2.26. The van der Waals surface area contributed by atoms with Crippen LogP contribution in [0.5, 0.6) is 0 Å². The molecule has 1 aromatic carbocycles. The number of aromatic nitrogens is 2. The number of aryl methyl sites for hydroxylation is 1. The summed E-state index contributed by atoms with van der Waals surface area (Å²) in [4.78, 5) is 0. The number of benzene rings is 1. The molecule has 0 fully saturated rings. The molecule has 1 aromatic heterocycles. The van der Waals surface area contributed by atoms with Gasteiger partial charge in [0, 0.05) is 37.5 Å². The summed E-state index contributed by atoms with van der Waals surface area (Å²) in [5.74, 6) is 0. The van der Waals surface area contributed by atoms with E-state index >= 15 is 0 Å². The van der Waals surface area contributed by atoms with Crippen molar-refractivity contribution in [1.82, 2.24) is 15.1 Å². The van der Waals surface area contributed by atoms with Crippen molar-refractivity contribution in [3.8, 4) is 17.3 Å². The molecule has 0 bridgehead atoms. The number of nitrogens with one attached hydrogen (secondary N) is 1. The first-order valence-corrected chi connectivity index (χ1v) is 7.73. The minimum Gasteiger partial charge on any atom is -0.391 e. The fourth-order valence-corrected chi connectivity index (χ4v) is 2.26. The van der Waals surface area contributed by atoms with Crippen LogP contribution in [-0.2, 0) is 13.6 Å². The molecule has 2 N–H and O–H groups in total. The summed E-state index contributed by atoms with van der Waals surface area (Å²) in [7, 11) is 1.89. The van der Waals surface area contributed by atoms with Crippen molar-refractivity contribution in [1.29, 1.82) is 5.26 Å². The number of rotatable bonds is 5. The maximum Gasteiger partial charge on any atom is 0.0991 e. The van der Waals surface area contributed by atoms with Crippen LogP contribution in [0.25, 0.3) is 11.3 Å². The number of nitriles is 1. The average molecular weight is 312 g/mol. The highest BCUT2D eigenvalue weighted by molar-refractivity contribution is 5.63. The van der Waals surface area contributed by atoms with E-state index in [1.54, 1.807) is 16.8 Å². The molecule has 0 saturated heterocycles. The van der Waals surface area contributed by atoms with Gasteiger partial charge in [0.15, 0.2) is 0 Å². The number of hydrogen-bond donors (Lipinski definition) is 2. The lowest BCUT2D eigenvalue weighted by Gasteiger charge is -2.26. The molecule has 0 aliphatic rings. The van der Waals surface area contributed by atoms with Gasteiger partial charge in [-0.3, -0.25) is 4.68 Å². The lowest BCUT2D eigenvalue weighted by Crippen LogP contribution is -2.36. The van der Waals surface area contributed by atoms with Crippen LogP contribution < -0.4 is 5.32 Å². The van der Waals surface area contributed by atoms with Gasteiger partial charge in [0.25, 0.3) is 0 Å². The van der Waals surface area contributed by atoms with Gasteiger partial charge in [-0.25, -0.2) is 0 Å². The van der Waals surface area contributed by atoms with Gasteiger partial charge in [0.2, 0.25) is 0 Å². The maximum atomic E-state index is 10.1. The maximum absolute atomic E-state index is 10.1. The second-order valence-corrected chi connectivity index (χ2v) is 6.88. The zero-order valence-corrected chi connectivity index (χ0v) is 14.2. The fraction of sp³-hybridized carbons (Fsp3) is 0.444. The molecular weight excluding hydrogens is 288 g/mol. The molecule has 5 nitrogen and oxygen atoms in total. The average Bonchev–Trinajstić information content (AvgIpc) is 2.87. The second kappa shape index (κ2) is 6.95. The predicted octanol–water partition coefficient (Wildman–Crippen LogP) is 2.46. The van der Waals surface area contributed by atoms with E-state index in [0.29, 0.717) is 18.7 Å². The summed E-state index contributed by atoms with van der Waals surface area (Å²) >= 11 is 0. The first kappa shape index (κ1) is 17.2. The molecule has 0 unspecified atom stereocenters. The van der Waals surface area contributed by atoms with Crippen molar-refractivity contribution in [2.24, 2.45) is 12.5 Å². The van der Waals surface area contributed by atoms with Crippen LogP contribution in [0.3, 0.4) is 0 Å². The highest BCUT2D eigenvalue weighted by Gasteiger charge is 2.21. The zero-order valence-electron chi connectivity index (χ0n) is 14.2. The molecule has 23 heavy (non-hydrogen) atoms. The minimum absolute atomic E-state index is 0.141. The van der Waals surface area contributed by atoms with Crippen LogP contribution in [0.1, 0.15) is 31.9 Å². The quantitative estimate of drug-likeness (QED) is 0.889. The molecule has 0 spiro atoms. The number of aliphatic hydroxyl groups excluding tert-OH is 1. The van der Waals surface area contributed by atoms with Crippen LogP contribution in [-0.4, -0.2) is 27.5 Å². The van der Waals surface area contributed by atoms with Gasteiger partial charge < -0.3 is 10.4 Å². The Morgan fingerprint density at radius 2 is 1.96 bits per heavy atom. The Balaban J connectivity index is 2.10. The Kier molecular flexibility index (Phi) is 5.19. The van der Waals surface area contributed by atoms with Gasteiger partial charge >= 0.3 is 0 Å². The van der Waals surface area contributed by atoms with E-state index in [1.165, 1.54) is 0 Å². The van der Waals surface area contributed by atoms with Gasteiger partial charge in [-0.2, -0.15) is 10.4 Å². The van der Waals surface area contributed by atoms with E-state index in [0.717, 1.165) is 16.8 Å². The molecule has 1 atom stereocenters. The first-order valence-electron chi connectivity index (χ1n) is 7.73. The first-order chi connectivity index (χ1) is 10.8. The van der Waals surface area contributed by atoms with Crippen molar-refractivity contribution < 1.29 is 5.11 Å². The molecule has 2 aromatic rings. The Hall–Kier alpha value is -2.16. The third kappa shape index (κ3) is 4.41. The molecule has 0 saturated carbocycles. The minimum atomic E-state index is -0.405. The SMILES string of the molecule is Cn1cc(CNC[C@@H](O)C(C)(C)C)c(-c2ccc(C#N)cc2)n1. The Bertz CT molecular complexity index is 689. The van der Waals surface area contributed by atoms with Crippen molar-refractivity contribution in [2.75, 3.05) is 6.54 Å². The molecule has 0 aliphatic carbocycles. The van der Waals surface area contributed by atoms with Crippen LogP contribution in [0.2, 0.25) is 0 Å². The molecule has 5 heteroatoms. The molecular formula is C18H24N4O. The van der Waals surface area contributed by atoms with E-state index < -0.39 is 6.10 Å². The molecule has 2 rings (SSSR count). The number of aliphatic hydroxyl groups is 1. The van der Waals surface area contributed by atoms with Crippen molar-refractivity contribution in [3.05, 3.63) is 41.6 Å². The van der Waals surface area contributed by atoms with Crippen LogP contribution in [0.4, 0.5) is 0 Å². The molecule has 0 amide bonds. The second-order valence-electron chi connectivity index (χ2n) is 6.88. The third-order valence-electron chi connectivity index (χ3n) is 3.84. The molecule has 122 valence electrons. The Morgan fingerprint density at radius 1 is 1.30 bits per heavy atom. The molecule has 0 radical (unpaired) electrons. The highest BCUT2D eigenvalue weighted by atomic mass is 16.3. The van der Waals surface area contributed by atoms with Crippen LogP contribution in [0.15, 0.2) is 30.5 Å². The Morgan fingerprint density at radius 3 is 2.52 bits per heavy atom. The number of hydrogen-bond acceptors (Lipinski definition) is 4.